The van der Waals surface area contributed by atoms with Gasteiger partial charge >= 0.3 is 7.12 Å². The monoisotopic (exact) mass is 227 g/mol. The maximum Gasteiger partial charge on any atom is 0.451 e. The highest BCUT2D eigenvalue weighted by atomic mass is 28.3. The Bertz CT molecular complexity index is 245. The topological polar surface area (TPSA) is 64.2 Å². The van der Waals surface area contributed by atoms with E-state index in [9.17, 15) is 5.26 Å². The van der Waals surface area contributed by atoms with Crippen LogP contribution >= 0.6 is 0 Å². The lowest BCUT2D eigenvalue weighted by atomic mass is 9.78. The molecule has 0 radical (unpaired) electrons. The van der Waals surface area contributed by atoms with Crippen molar-refractivity contribution in [1.29, 1.82) is 5.26 Å². The van der Waals surface area contributed by atoms with Gasteiger partial charge in [0.05, 0.1) is 19.2 Å². The lowest BCUT2D eigenvalue weighted by molar-refractivity contribution is 0.387. The summed E-state index contributed by atoms with van der Waals surface area (Å²) >= 11 is 0. The first-order valence-corrected chi connectivity index (χ1v) is 8.95. The van der Waals surface area contributed by atoms with Crippen LogP contribution in [0.3, 0.4) is 0 Å². The minimum absolute atomic E-state index is 0.257. The number of nitriles is 1. The van der Waals surface area contributed by atoms with Crippen LogP contribution in [-0.4, -0.2) is 25.2 Å². The third-order valence-electron chi connectivity index (χ3n) is 3.32. The summed E-state index contributed by atoms with van der Waals surface area (Å²) in [6.45, 7) is 10.6. The lowest BCUT2D eigenvalue weighted by Gasteiger charge is -2.41. The lowest BCUT2D eigenvalue weighted by Crippen LogP contribution is -2.43. The summed E-state index contributed by atoms with van der Waals surface area (Å²) in [5, 5.41) is 26.9. The van der Waals surface area contributed by atoms with E-state index in [2.05, 4.69) is 25.7 Å². The molecule has 0 aliphatic rings. The SMILES string of the molecule is CC(C)C(C#N)(CCB(O)O)[Si](C)(C)C. The number of nitrogens with zero attached hydrogens (tertiary/aromatic N) is 1. The Balaban J connectivity index is 4.95. The normalized spacial score (nSPS) is 15.9. The second kappa shape index (κ2) is 5.15. The number of hydrogen-bond acceptors (Lipinski definition) is 3. The molecule has 1 atom stereocenters. The van der Waals surface area contributed by atoms with Crippen molar-refractivity contribution in [2.75, 3.05) is 0 Å². The standard InChI is InChI=1S/C10H22BNO2Si/c1-9(2)10(8-12,15(3,4)5)6-7-11(13)14/h9,13-14H,6-7H2,1-5H3. The van der Waals surface area contributed by atoms with Crippen LogP contribution in [0.1, 0.15) is 20.3 Å². The summed E-state index contributed by atoms with van der Waals surface area (Å²) in [5.41, 5.74) is 0. The van der Waals surface area contributed by atoms with Crippen LogP contribution in [0.5, 0.6) is 0 Å². The van der Waals surface area contributed by atoms with Gasteiger partial charge in [-0.15, -0.1) is 0 Å². The zero-order chi connectivity index (χ0) is 12.3. The Morgan fingerprint density at radius 3 is 2.00 bits per heavy atom. The summed E-state index contributed by atoms with van der Waals surface area (Å²) in [5.74, 6) is 0.257. The fourth-order valence-electron chi connectivity index (χ4n) is 2.24. The van der Waals surface area contributed by atoms with Crippen LogP contribution in [0.25, 0.3) is 0 Å². The molecule has 0 amide bonds. The molecule has 0 aromatic heterocycles. The Hall–Kier alpha value is -0.308. The Morgan fingerprint density at radius 1 is 1.33 bits per heavy atom. The predicted molar refractivity (Wildman–Crippen MR) is 66.1 cm³/mol. The van der Waals surface area contributed by atoms with E-state index in [1.165, 1.54) is 0 Å². The minimum atomic E-state index is -1.65. The Morgan fingerprint density at radius 2 is 1.80 bits per heavy atom. The van der Waals surface area contributed by atoms with Crippen molar-refractivity contribution in [3.05, 3.63) is 0 Å². The molecule has 86 valence electrons. The van der Waals surface area contributed by atoms with Crippen molar-refractivity contribution in [3.8, 4) is 6.07 Å². The molecule has 15 heavy (non-hydrogen) atoms. The van der Waals surface area contributed by atoms with E-state index < -0.39 is 15.2 Å². The van der Waals surface area contributed by atoms with Crippen molar-refractivity contribution in [1.82, 2.24) is 0 Å². The first-order chi connectivity index (χ1) is 6.67. The highest BCUT2D eigenvalue weighted by Crippen LogP contribution is 2.48. The first kappa shape index (κ1) is 14.7. The van der Waals surface area contributed by atoms with Crippen molar-refractivity contribution >= 4 is 15.2 Å². The minimum Gasteiger partial charge on any atom is -0.427 e. The summed E-state index contributed by atoms with van der Waals surface area (Å²) in [7, 11) is -2.95. The average molecular weight is 227 g/mol. The molecule has 0 aromatic rings. The molecule has 1 unspecified atom stereocenters. The van der Waals surface area contributed by atoms with Gasteiger partial charge in [-0.25, -0.2) is 0 Å². The van der Waals surface area contributed by atoms with Gasteiger partial charge in [-0.2, -0.15) is 5.26 Å². The van der Waals surface area contributed by atoms with Gasteiger partial charge in [-0.05, 0) is 18.7 Å². The largest absolute Gasteiger partial charge is 0.451 e. The quantitative estimate of drug-likeness (QED) is 0.707. The maximum absolute atomic E-state index is 9.42. The molecule has 0 spiro atoms. The van der Waals surface area contributed by atoms with E-state index in [0.29, 0.717) is 6.42 Å². The van der Waals surface area contributed by atoms with Gasteiger partial charge in [0.15, 0.2) is 0 Å². The van der Waals surface area contributed by atoms with E-state index in [-0.39, 0.29) is 17.3 Å². The zero-order valence-corrected chi connectivity index (χ0v) is 11.4. The van der Waals surface area contributed by atoms with Gasteiger partial charge in [0.2, 0.25) is 0 Å². The van der Waals surface area contributed by atoms with Crippen LogP contribution in [0, 0.1) is 17.2 Å². The molecular formula is C10H22BNO2Si. The molecule has 0 rings (SSSR count). The summed E-state index contributed by atoms with van der Waals surface area (Å²) in [6, 6.07) is 2.45. The molecule has 0 saturated carbocycles. The van der Waals surface area contributed by atoms with Gasteiger partial charge in [0, 0.05) is 0 Å². The third-order valence-corrected chi connectivity index (χ3v) is 6.94. The van der Waals surface area contributed by atoms with E-state index in [4.69, 9.17) is 10.0 Å². The Labute approximate surface area is 94.3 Å². The predicted octanol–water partition coefficient (Wildman–Crippen LogP) is 2.11. The highest BCUT2D eigenvalue weighted by Gasteiger charge is 2.46. The maximum atomic E-state index is 9.42. The van der Waals surface area contributed by atoms with Gasteiger partial charge in [0.25, 0.3) is 0 Å². The fraction of sp³-hybridized carbons (Fsp3) is 0.900. The molecule has 0 heterocycles. The summed E-state index contributed by atoms with van der Waals surface area (Å²) in [4.78, 5) is 0. The van der Waals surface area contributed by atoms with Crippen LogP contribution in [0.2, 0.25) is 31.0 Å². The van der Waals surface area contributed by atoms with E-state index in [1.807, 2.05) is 13.8 Å². The van der Waals surface area contributed by atoms with Crippen molar-refractivity contribution in [2.24, 2.45) is 5.92 Å². The summed E-state index contributed by atoms with van der Waals surface area (Å²) in [6.07, 6.45) is 0.866. The van der Waals surface area contributed by atoms with Crippen LogP contribution in [-0.2, 0) is 0 Å². The van der Waals surface area contributed by atoms with Gasteiger partial charge < -0.3 is 10.0 Å². The second-order valence-corrected chi connectivity index (χ2v) is 10.9. The zero-order valence-electron chi connectivity index (χ0n) is 10.4. The molecule has 0 fully saturated rings. The Kier molecular flexibility index (Phi) is 5.05. The van der Waals surface area contributed by atoms with Crippen molar-refractivity contribution in [3.63, 3.8) is 0 Å². The smallest absolute Gasteiger partial charge is 0.427 e. The van der Waals surface area contributed by atoms with E-state index in [1.54, 1.807) is 0 Å². The van der Waals surface area contributed by atoms with Crippen LogP contribution in [0.4, 0.5) is 0 Å². The summed E-state index contributed by atoms with van der Waals surface area (Å²) < 4.78 is 0. The molecule has 0 aliphatic heterocycles. The highest BCUT2D eigenvalue weighted by molar-refractivity contribution is 6.80. The fourth-order valence-corrected chi connectivity index (χ4v) is 5.20. The number of hydrogen-bond donors (Lipinski definition) is 2. The second-order valence-electron chi connectivity index (χ2n) is 5.51. The molecule has 3 nitrogen and oxygen atoms in total. The molecule has 5 heteroatoms. The molecule has 2 N–H and O–H groups in total. The van der Waals surface area contributed by atoms with Crippen molar-refractivity contribution < 1.29 is 10.0 Å². The third kappa shape index (κ3) is 3.33. The number of rotatable bonds is 5. The molecule has 0 saturated heterocycles. The first-order valence-electron chi connectivity index (χ1n) is 5.45. The van der Waals surface area contributed by atoms with Gasteiger partial charge in [0.1, 0.15) is 0 Å². The van der Waals surface area contributed by atoms with Crippen molar-refractivity contribution in [2.45, 2.75) is 51.3 Å². The molecule has 0 aromatic carbocycles. The molecule has 0 aliphatic carbocycles. The van der Waals surface area contributed by atoms with Crippen LogP contribution < -0.4 is 0 Å². The van der Waals surface area contributed by atoms with E-state index >= 15 is 0 Å². The molecular weight excluding hydrogens is 205 g/mol. The van der Waals surface area contributed by atoms with E-state index in [0.717, 1.165) is 0 Å². The van der Waals surface area contributed by atoms with Gasteiger partial charge in [-0.3, -0.25) is 0 Å². The van der Waals surface area contributed by atoms with Gasteiger partial charge in [-0.1, -0.05) is 33.5 Å². The van der Waals surface area contributed by atoms with Crippen LogP contribution in [0.15, 0.2) is 0 Å². The average Bonchev–Trinajstić information content (AvgIpc) is 2.02. The molecule has 0 bridgehead atoms.